The lowest BCUT2D eigenvalue weighted by Gasteiger charge is -2.10. The van der Waals surface area contributed by atoms with Crippen LogP contribution in [0.15, 0.2) is 48.7 Å². The third kappa shape index (κ3) is 4.71. The molecule has 3 rings (SSSR count). The fraction of sp³-hybridized carbons (Fsp3) is 0.158. The Kier molecular flexibility index (Phi) is 5.83. The first-order chi connectivity index (χ1) is 13.1. The number of esters is 1. The summed E-state index contributed by atoms with van der Waals surface area (Å²) in [6.45, 7) is 2.11. The van der Waals surface area contributed by atoms with Gasteiger partial charge in [0.05, 0.1) is 29.6 Å². The van der Waals surface area contributed by atoms with Gasteiger partial charge in [-0.1, -0.05) is 30.7 Å². The second kappa shape index (κ2) is 8.46. The fourth-order valence-corrected chi connectivity index (χ4v) is 2.54. The molecule has 0 spiro atoms. The third-order valence-electron chi connectivity index (χ3n) is 3.83. The minimum Gasteiger partial charge on any atom is -0.465 e. The number of ether oxygens (including phenoxy) is 1. The lowest BCUT2D eigenvalue weighted by atomic mass is 10.1. The van der Waals surface area contributed by atoms with Crippen molar-refractivity contribution in [1.29, 1.82) is 0 Å². The van der Waals surface area contributed by atoms with Gasteiger partial charge in [0, 0.05) is 5.69 Å². The fourth-order valence-electron chi connectivity index (χ4n) is 2.37. The number of carbonyl (C=O) groups excluding carboxylic acids is 1. The third-order valence-corrected chi connectivity index (χ3v) is 4.16. The summed E-state index contributed by atoms with van der Waals surface area (Å²) in [5.41, 5.74) is 2.99. The number of halogens is 1. The van der Waals surface area contributed by atoms with Gasteiger partial charge in [-0.25, -0.2) is 4.79 Å². The van der Waals surface area contributed by atoms with E-state index in [0.717, 1.165) is 12.1 Å². The average Bonchev–Trinajstić information content (AvgIpc) is 2.70. The van der Waals surface area contributed by atoms with Crippen molar-refractivity contribution < 1.29 is 9.53 Å². The quantitative estimate of drug-likeness (QED) is 0.611. The van der Waals surface area contributed by atoms with Gasteiger partial charge in [-0.2, -0.15) is 10.1 Å². The molecule has 0 fully saturated rings. The standard InChI is InChI=1S/C19H18ClN5O2/c1-3-12-4-7-14(8-5-12)22-17-11-21-25-19(24-17)23-16-10-13(18(26)27-2)6-9-15(16)20/h4-11H,3H2,1-2H3,(H2,22,23,24,25). The normalized spacial score (nSPS) is 10.3. The first-order valence-electron chi connectivity index (χ1n) is 8.29. The maximum atomic E-state index is 11.7. The molecule has 1 heterocycles. The van der Waals surface area contributed by atoms with Gasteiger partial charge in [-0.15, -0.1) is 5.10 Å². The smallest absolute Gasteiger partial charge is 0.337 e. The molecule has 0 radical (unpaired) electrons. The molecule has 1 aromatic heterocycles. The Morgan fingerprint density at radius 1 is 1.15 bits per heavy atom. The molecule has 138 valence electrons. The van der Waals surface area contributed by atoms with E-state index in [1.807, 2.05) is 24.3 Å². The van der Waals surface area contributed by atoms with Gasteiger partial charge in [0.2, 0.25) is 5.95 Å². The van der Waals surface area contributed by atoms with Gasteiger partial charge in [0.25, 0.3) is 0 Å². The highest BCUT2D eigenvalue weighted by Gasteiger charge is 2.10. The second-order valence-corrected chi connectivity index (χ2v) is 6.06. The van der Waals surface area contributed by atoms with Gasteiger partial charge in [-0.3, -0.25) is 0 Å². The predicted octanol–water partition coefficient (Wildman–Crippen LogP) is 4.36. The monoisotopic (exact) mass is 383 g/mol. The number of aryl methyl sites for hydroxylation is 1. The summed E-state index contributed by atoms with van der Waals surface area (Å²) in [5.74, 6) is 0.311. The lowest BCUT2D eigenvalue weighted by Crippen LogP contribution is -2.05. The Bertz CT molecular complexity index is 947. The minimum absolute atomic E-state index is 0.245. The van der Waals surface area contributed by atoms with Crippen LogP contribution in [-0.4, -0.2) is 28.3 Å². The minimum atomic E-state index is -0.459. The van der Waals surface area contributed by atoms with Crippen molar-refractivity contribution in [2.45, 2.75) is 13.3 Å². The van der Waals surface area contributed by atoms with Crippen molar-refractivity contribution in [3.63, 3.8) is 0 Å². The van der Waals surface area contributed by atoms with Gasteiger partial charge >= 0.3 is 5.97 Å². The van der Waals surface area contributed by atoms with Crippen LogP contribution in [0.25, 0.3) is 0 Å². The first-order valence-corrected chi connectivity index (χ1v) is 8.67. The Labute approximate surface area is 161 Å². The molecule has 0 aliphatic rings. The SMILES string of the molecule is CCc1ccc(Nc2cnnc(Nc3cc(C(=O)OC)ccc3Cl)n2)cc1. The number of aromatic nitrogens is 3. The number of anilines is 4. The zero-order valence-corrected chi connectivity index (χ0v) is 15.6. The van der Waals surface area contributed by atoms with Crippen LogP contribution in [0.1, 0.15) is 22.8 Å². The topological polar surface area (TPSA) is 89.0 Å². The number of rotatable bonds is 6. The molecule has 0 unspecified atom stereocenters. The largest absolute Gasteiger partial charge is 0.465 e. The highest BCUT2D eigenvalue weighted by molar-refractivity contribution is 6.33. The van der Waals surface area contributed by atoms with Crippen molar-refractivity contribution in [2.24, 2.45) is 0 Å². The number of hydrogen-bond acceptors (Lipinski definition) is 7. The van der Waals surface area contributed by atoms with E-state index < -0.39 is 5.97 Å². The van der Waals surface area contributed by atoms with Crippen molar-refractivity contribution in [1.82, 2.24) is 15.2 Å². The molecule has 27 heavy (non-hydrogen) atoms. The van der Waals surface area contributed by atoms with E-state index in [0.29, 0.717) is 22.1 Å². The van der Waals surface area contributed by atoms with E-state index in [4.69, 9.17) is 16.3 Å². The number of nitrogens with one attached hydrogen (secondary N) is 2. The Morgan fingerprint density at radius 3 is 2.63 bits per heavy atom. The van der Waals surface area contributed by atoms with E-state index in [9.17, 15) is 4.79 Å². The summed E-state index contributed by atoms with van der Waals surface area (Å²) in [4.78, 5) is 16.1. The average molecular weight is 384 g/mol. The Balaban J connectivity index is 1.78. The highest BCUT2D eigenvalue weighted by Crippen LogP contribution is 2.26. The molecule has 2 aromatic carbocycles. The maximum Gasteiger partial charge on any atom is 0.337 e. The van der Waals surface area contributed by atoms with Crippen LogP contribution in [0, 0.1) is 0 Å². The lowest BCUT2D eigenvalue weighted by molar-refractivity contribution is 0.0601. The van der Waals surface area contributed by atoms with Crippen molar-refractivity contribution in [3.05, 3.63) is 64.8 Å². The molecule has 0 atom stereocenters. The Morgan fingerprint density at radius 2 is 1.93 bits per heavy atom. The highest BCUT2D eigenvalue weighted by atomic mass is 35.5. The molecular weight excluding hydrogens is 366 g/mol. The first kappa shape index (κ1) is 18.6. The van der Waals surface area contributed by atoms with Gasteiger partial charge < -0.3 is 15.4 Å². The summed E-state index contributed by atoms with van der Waals surface area (Å²) in [6.07, 6.45) is 2.50. The van der Waals surface area contributed by atoms with Gasteiger partial charge in [0.15, 0.2) is 5.82 Å². The molecule has 0 amide bonds. The maximum absolute atomic E-state index is 11.7. The molecule has 8 heteroatoms. The van der Waals surface area contributed by atoms with E-state index in [1.54, 1.807) is 18.2 Å². The van der Waals surface area contributed by atoms with Crippen LogP contribution in [0.3, 0.4) is 0 Å². The van der Waals surface area contributed by atoms with Crippen molar-refractivity contribution >= 4 is 40.7 Å². The van der Waals surface area contributed by atoms with Crippen LogP contribution in [0.4, 0.5) is 23.1 Å². The number of nitrogens with zero attached hydrogens (tertiary/aromatic N) is 3. The van der Waals surface area contributed by atoms with E-state index in [-0.39, 0.29) is 5.95 Å². The zero-order chi connectivity index (χ0) is 19.2. The van der Waals surface area contributed by atoms with Crippen molar-refractivity contribution in [3.8, 4) is 0 Å². The van der Waals surface area contributed by atoms with E-state index in [1.165, 1.54) is 18.9 Å². The van der Waals surface area contributed by atoms with E-state index in [2.05, 4.69) is 32.7 Å². The van der Waals surface area contributed by atoms with Crippen LogP contribution in [-0.2, 0) is 11.2 Å². The Hall–Kier alpha value is -3.19. The molecular formula is C19H18ClN5O2. The number of hydrogen-bond donors (Lipinski definition) is 2. The second-order valence-electron chi connectivity index (χ2n) is 5.65. The van der Waals surface area contributed by atoms with Gasteiger partial charge in [-0.05, 0) is 42.3 Å². The predicted molar refractivity (Wildman–Crippen MR) is 105 cm³/mol. The van der Waals surface area contributed by atoms with Crippen LogP contribution in [0.5, 0.6) is 0 Å². The number of benzene rings is 2. The molecule has 0 saturated carbocycles. The molecule has 2 N–H and O–H groups in total. The van der Waals surface area contributed by atoms with Crippen molar-refractivity contribution in [2.75, 3.05) is 17.7 Å². The zero-order valence-electron chi connectivity index (χ0n) is 14.9. The van der Waals surface area contributed by atoms with E-state index >= 15 is 0 Å². The van der Waals surface area contributed by atoms with Crippen LogP contribution >= 0.6 is 11.6 Å². The summed E-state index contributed by atoms with van der Waals surface area (Å²) in [6, 6.07) is 12.8. The molecule has 3 aromatic rings. The van der Waals surface area contributed by atoms with Gasteiger partial charge in [0.1, 0.15) is 0 Å². The number of carbonyl (C=O) groups is 1. The molecule has 0 saturated heterocycles. The summed E-state index contributed by atoms with van der Waals surface area (Å²) in [7, 11) is 1.32. The van der Waals surface area contributed by atoms with Crippen LogP contribution < -0.4 is 10.6 Å². The molecule has 0 aliphatic carbocycles. The summed E-state index contributed by atoms with van der Waals surface area (Å²) in [5, 5.41) is 14.5. The molecule has 0 aliphatic heterocycles. The van der Waals surface area contributed by atoms with Crippen LogP contribution in [0.2, 0.25) is 5.02 Å². The summed E-state index contributed by atoms with van der Waals surface area (Å²) >= 11 is 6.19. The molecule has 7 nitrogen and oxygen atoms in total. The number of methoxy groups -OCH3 is 1. The summed E-state index contributed by atoms with van der Waals surface area (Å²) < 4.78 is 4.72. The molecule has 0 bridgehead atoms.